The summed E-state index contributed by atoms with van der Waals surface area (Å²) < 4.78 is 0. The molecule has 0 unspecified atom stereocenters. The first-order valence-electron chi connectivity index (χ1n) is 11.0. The van der Waals surface area contributed by atoms with E-state index in [1.165, 1.54) is 16.7 Å². The van der Waals surface area contributed by atoms with Gasteiger partial charge in [-0.05, 0) is 67.5 Å². The number of hydrogen-bond acceptors (Lipinski definition) is 3. The van der Waals surface area contributed by atoms with E-state index in [1.807, 2.05) is 38.1 Å². The van der Waals surface area contributed by atoms with Crippen LogP contribution in [0.25, 0.3) is 0 Å². The summed E-state index contributed by atoms with van der Waals surface area (Å²) in [6, 6.07) is 20.8. The lowest BCUT2D eigenvalue weighted by Crippen LogP contribution is -2.05. The molecule has 0 spiro atoms. The second-order valence-corrected chi connectivity index (χ2v) is 8.68. The van der Waals surface area contributed by atoms with Crippen molar-refractivity contribution >= 4 is 22.8 Å². The van der Waals surface area contributed by atoms with Crippen LogP contribution in [0.3, 0.4) is 0 Å². The molecule has 0 bridgehead atoms. The zero-order chi connectivity index (χ0) is 22.5. The maximum atomic E-state index is 4.99. The average molecular weight is 412 g/mol. The predicted octanol–water partition coefficient (Wildman–Crippen LogP) is 7.92. The highest BCUT2D eigenvalue weighted by atomic mass is 14.8. The Bertz CT molecular complexity index is 1120. The lowest BCUT2D eigenvalue weighted by atomic mass is 9.98. The Labute approximate surface area is 187 Å². The minimum absolute atomic E-state index is 0.418. The Morgan fingerprint density at radius 1 is 0.677 bits per heavy atom. The zero-order valence-corrected chi connectivity index (χ0v) is 19.8. The summed E-state index contributed by atoms with van der Waals surface area (Å²) in [4.78, 5) is 14.8. The third-order valence-corrected chi connectivity index (χ3v) is 5.51. The normalized spacial score (nSPS) is 12.7. The van der Waals surface area contributed by atoms with Crippen molar-refractivity contribution in [3.8, 4) is 0 Å². The fourth-order valence-corrected chi connectivity index (χ4v) is 3.68. The van der Waals surface area contributed by atoms with Gasteiger partial charge in [-0.2, -0.15) is 0 Å². The van der Waals surface area contributed by atoms with E-state index >= 15 is 0 Å². The van der Waals surface area contributed by atoms with Crippen molar-refractivity contribution < 1.29 is 0 Å². The molecule has 0 aliphatic carbocycles. The summed E-state index contributed by atoms with van der Waals surface area (Å²) in [6.07, 6.45) is 0. The minimum atomic E-state index is 0.418. The molecule has 0 radical (unpaired) electrons. The lowest BCUT2D eigenvalue weighted by Gasteiger charge is -2.13. The van der Waals surface area contributed by atoms with Gasteiger partial charge in [-0.25, -0.2) is 4.98 Å². The van der Waals surface area contributed by atoms with E-state index in [-0.39, 0.29) is 0 Å². The number of aryl methyl sites for hydroxylation is 1. The van der Waals surface area contributed by atoms with E-state index in [1.54, 1.807) is 0 Å². The molecule has 0 aliphatic heterocycles. The monoisotopic (exact) mass is 411 g/mol. The quantitative estimate of drug-likeness (QED) is 0.380. The van der Waals surface area contributed by atoms with E-state index < -0.39 is 0 Å². The first kappa shape index (κ1) is 22.6. The average Bonchev–Trinajstić information content (AvgIpc) is 2.75. The highest BCUT2D eigenvalue weighted by Crippen LogP contribution is 2.31. The van der Waals surface area contributed by atoms with Crippen molar-refractivity contribution in [2.45, 2.75) is 60.3 Å². The third-order valence-electron chi connectivity index (χ3n) is 5.51. The van der Waals surface area contributed by atoms with Gasteiger partial charge in [-0.3, -0.25) is 9.98 Å². The van der Waals surface area contributed by atoms with Crippen LogP contribution in [-0.2, 0) is 0 Å². The summed E-state index contributed by atoms with van der Waals surface area (Å²) in [5.41, 5.74) is 9.32. The van der Waals surface area contributed by atoms with Crippen molar-refractivity contribution in [1.82, 2.24) is 4.98 Å². The van der Waals surface area contributed by atoms with E-state index in [0.29, 0.717) is 11.8 Å². The molecule has 160 valence electrons. The van der Waals surface area contributed by atoms with Gasteiger partial charge < -0.3 is 0 Å². The number of aromatic nitrogens is 1. The van der Waals surface area contributed by atoms with Crippen LogP contribution < -0.4 is 0 Å². The summed E-state index contributed by atoms with van der Waals surface area (Å²) in [6.45, 7) is 15.0. The van der Waals surface area contributed by atoms with Crippen LogP contribution in [0.15, 0.2) is 70.6 Å². The van der Waals surface area contributed by atoms with Crippen LogP contribution in [-0.4, -0.2) is 16.4 Å². The molecule has 2 aromatic carbocycles. The Morgan fingerprint density at radius 2 is 1.23 bits per heavy atom. The molecule has 1 aromatic heterocycles. The molecule has 0 fully saturated rings. The van der Waals surface area contributed by atoms with Gasteiger partial charge in [0.1, 0.15) is 0 Å². The Balaban J connectivity index is 1.99. The maximum absolute atomic E-state index is 4.99. The molecule has 0 atom stereocenters. The van der Waals surface area contributed by atoms with E-state index in [2.05, 4.69) is 71.0 Å². The summed E-state index contributed by atoms with van der Waals surface area (Å²) in [5, 5.41) is 0. The second kappa shape index (κ2) is 9.82. The number of benzene rings is 2. The Kier molecular flexibility index (Phi) is 7.17. The molecule has 0 saturated carbocycles. The highest BCUT2D eigenvalue weighted by molar-refractivity contribution is 6.02. The van der Waals surface area contributed by atoms with Gasteiger partial charge in [0.05, 0.1) is 34.2 Å². The minimum Gasteiger partial charge on any atom is -0.251 e. The van der Waals surface area contributed by atoms with Gasteiger partial charge in [0.15, 0.2) is 0 Å². The highest BCUT2D eigenvalue weighted by Gasteiger charge is 2.11. The molecule has 0 amide bonds. The second-order valence-electron chi connectivity index (χ2n) is 8.68. The van der Waals surface area contributed by atoms with Crippen LogP contribution >= 0.6 is 0 Å². The molecular weight excluding hydrogens is 378 g/mol. The van der Waals surface area contributed by atoms with Gasteiger partial charge in [0.25, 0.3) is 0 Å². The largest absolute Gasteiger partial charge is 0.251 e. The molecule has 31 heavy (non-hydrogen) atoms. The number of pyridine rings is 1. The summed E-state index contributed by atoms with van der Waals surface area (Å²) in [5.74, 6) is 0.840. The van der Waals surface area contributed by atoms with Crippen molar-refractivity contribution in [2.75, 3.05) is 0 Å². The molecule has 3 aromatic rings. The van der Waals surface area contributed by atoms with Gasteiger partial charge in [-0.15, -0.1) is 0 Å². The van der Waals surface area contributed by atoms with Crippen molar-refractivity contribution in [3.63, 3.8) is 0 Å². The molecule has 3 rings (SSSR count). The van der Waals surface area contributed by atoms with Gasteiger partial charge in [0, 0.05) is 0 Å². The maximum Gasteiger partial charge on any atom is 0.0849 e. The summed E-state index contributed by atoms with van der Waals surface area (Å²) in [7, 11) is 0. The molecule has 0 N–H and O–H groups in total. The first-order valence-corrected chi connectivity index (χ1v) is 11.0. The molecule has 0 aliphatic rings. The number of para-hydroxylation sites is 2. The molecule has 0 saturated heterocycles. The van der Waals surface area contributed by atoms with Gasteiger partial charge >= 0.3 is 0 Å². The van der Waals surface area contributed by atoms with Crippen LogP contribution in [0.2, 0.25) is 0 Å². The van der Waals surface area contributed by atoms with Crippen molar-refractivity contribution in [1.29, 1.82) is 0 Å². The molecule has 1 heterocycles. The van der Waals surface area contributed by atoms with Gasteiger partial charge in [-0.1, -0.05) is 70.2 Å². The van der Waals surface area contributed by atoms with E-state index in [4.69, 9.17) is 15.0 Å². The van der Waals surface area contributed by atoms with Crippen LogP contribution in [0.5, 0.6) is 0 Å². The van der Waals surface area contributed by atoms with Crippen LogP contribution in [0.4, 0.5) is 11.4 Å². The van der Waals surface area contributed by atoms with E-state index in [9.17, 15) is 0 Å². The topological polar surface area (TPSA) is 37.6 Å². The lowest BCUT2D eigenvalue weighted by molar-refractivity contribution is 0.865. The molecule has 3 nitrogen and oxygen atoms in total. The first-order chi connectivity index (χ1) is 14.8. The smallest absolute Gasteiger partial charge is 0.0849 e. The fraction of sp³-hybridized carbons (Fsp3) is 0.321. The standard InChI is InChI=1S/C28H33N3/c1-18(2)23-13-8-9-15-27(23)29-21(6)25-16-11-17-26(31-25)22(7)30-28-20(5)12-10-14-24(28)19(3)4/h8-19H,1-7H3/b29-21+,30-22+. The predicted molar refractivity (Wildman–Crippen MR) is 134 cm³/mol. The number of aliphatic imine (C=N–C) groups is 2. The Morgan fingerprint density at radius 3 is 1.87 bits per heavy atom. The number of rotatable bonds is 6. The summed E-state index contributed by atoms with van der Waals surface area (Å²) >= 11 is 0. The number of nitrogens with zero attached hydrogens (tertiary/aromatic N) is 3. The van der Waals surface area contributed by atoms with E-state index in [0.717, 1.165) is 34.2 Å². The van der Waals surface area contributed by atoms with Crippen molar-refractivity contribution in [3.05, 3.63) is 88.7 Å². The SMILES string of the molecule is C/C(=N\c1ccccc1C(C)C)c1cccc(/C(C)=N/c2c(C)cccc2C(C)C)n1. The molecular formula is C28H33N3. The van der Waals surface area contributed by atoms with Crippen LogP contribution in [0.1, 0.15) is 81.5 Å². The van der Waals surface area contributed by atoms with Crippen molar-refractivity contribution in [2.24, 2.45) is 9.98 Å². The fourth-order valence-electron chi connectivity index (χ4n) is 3.68. The van der Waals surface area contributed by atoms with Crippen LogP contribution in [0, 0.1) is 6.92 Å². The number of hydrogen-bond donors (Lipinski definition) is 0. The molecule has 3 heteroatoms. The third kappa shape index (κ3) is 5.35. The Hall–Kier alpha value is -3.07. The zero-order valence-electron chi connectivity index (χ0n) is 19.8. The van der Waals surface area contributed by atoms with Gasteiger partial charge in [0.2, 0.25) is 0 Å².